The fourth-order valence-electron chi connectivity index (χ4n) is 6.87. The van der Waals surface area contributed by atoms with Crippen LogP contribution in [-0.2, 0) is 0 Å². The van der Waals surface area contributed by atoms with E-state index in [9.17, 15) is 0 Å². The summed E-state index contributed by atoms with van der Waals surface area (Å²) < 4.78 is 13.2. The zero-order valence-electron chi connectivity index (χ0n) is 25.6. The van der Waals surface area contributed by atoms with Gasteiger partial charge < -0.3 is 8.83 Å². The second-order valence-corrected chi connectivity index (χ2v) is 12.0. The first kappa shape index (κ1) is 26.6. The summed E-state index contributed by atoms with van der Waals surface area (Å²) in [6, 6.07) is 51.4. The van der Waals surface area contributed by atoms with E-state index < -0.39 is 0 Å². The molecule has 0 unspecified atom stereocenters. The number of fused-ring (bicyclic) bond motifs is 9. The first-order chi connectivity index (χ1) is 23.8. The Balaban J connectivity index is 1.17. The van der Waals surface area contributed by atoms with Gasteiger partial charge in [0.15, 0.2) is 17.5 Å². The highest BCUT2D eigenvalue weighted by atomic mass is 16.3. The van der Waals surface area contributed by atoms with E-state index in [-0.39, 0.29) is 0 Å². The van der Waals surface area contributed by atoms with E-state index in [1.165, 1.54) is 10.8 Å². The van der Waals surface area contributed by atoms with E-state index >= 15 is 0 Å². The smallest absolute Gasteiger partial charge is 0.164 e. The summed E-state index contributed by atoms with van der Waals surface area (Å²) in [6.07, 6.45) is 0. The fraction of sp³-hybridized carbons (Fsp3) is 0. The normalized spacial score (nSPS) is 11.8. The molecule has 10 rings (SSSR count). The molecule has 5 nitrogen and oxygen atoms in total. The molecule has 0 fully saturated rings. The van der Waals surface area contributed by atoms with E-state index in [1.807, 2.05) is 72.8 Å². The van der Waals surface area contributed by atoms with Gasteiger partial charge in [-0.1, -0.05) is 133 Å². The van der Waals surface area contributed by atoms with E-state index in [0.29, 0.717) is 17.5 Å². The highest BCUT2D eigenvalue weighted by molar-refractivity contribution is 6.32. The first-order valence-electron chi connectivity index (χ1n) is 15.9. The van der Waals surface area contributed by atoms with Crippen molar-refractivity contribution < 1.29 is 8.83 Å². The molecule has 0 atom stereocenters. The number of nitrogens with zero attached hydrogens (tertiary/aromatic N) is 3. The van der Waals surface area contributed by atoms with Crippen LogP contribution in [0.2, 0.25) is 0 Å². The molecule has 3 aromatic heterocycles. The SMILES string of the molecule is c1ccc(-c2nc(-c3ccccc3)nc(-c3ccc(-c4cc5oc6ccc7ccccc7c6c5c5c4oc4ccccc45)cc3)n2)cc1. The van der Waals surface area contributed by atoms with Gasteiger partial charge in [0.05, 0.1) is 0 Å². The maximum Gasteiger partial charge on any atom is 0.164 e. The quantitative estimate of drug-likeness (QED) is 0.197. The van der Waals surface area contributed by atoms with Gasteiger partial charge in [-0.3, -0.25) is 0 Å². The van der Waals surface area contributed by atoms with Crippen LogP contribution >= 0.6 is 0 Å². The van der Waals surface area contributed by atoms with Crippen molar-refractivity contribution in [1.82, 2.24) is 15.0 Å². The highest BCUT2D eigenvalue weighted by Gasteiger charge is 2.22. The van der Waals surface area contributed by atoms with Gasteiger partial charge in [-0.15, -0.1) is 0 Å². The molecule has 0 amide bonds. The summed E-state index contributed by atoms with van der Waals surface area (Å²) in [4.78, 5) is 14.7. The van der Waals surface area contributed by atoms with Crippen LogP contribution in [0.1, 0.15) is 0 Å². The summed E-state index contributed by atoms with van der Waals surface area (Å²) in [7, 11) is 0. The highest BCUT2D eigenvalue weighted by Crippen LogP contribution is 2.46. The minimum atomic E-state index is 0.614. The molecule has 0 radical (unpaired) electrons. The molecule has 224 valence electrons. The minimum Gasteiger partial charge on any atom is -0.456 e. The number of hydrogen-bond acceptors (Lipinski definition) is 5. The Morgan fingerprint density at radius 1 is 0.354 bits per heavy atom. The number of rotatable bonds is 4. The molecule has 0 aliphatic carbocycles. The van der Waals surface area contributed by atoms with Crippen molar-refractivity contribution in [1.29, 1.82) is 0 Å². The molecule has 0 aliphatic rings. The van der Waals surface area contributed by atoms with Crippen molar-refractivity contribution in [3.8, 4) is 45.3 Å². The van der Waals surface area contributed by atoms with Crippen molar-refractivity contribution in [2.45, 2.75) is 0 Å². The zero-order chi connectivity index (χ0) is 31.6. The number of benzene rings is 7. The van der Waals surface area contributed by atoms with Crippen LogP contribution in [0.25, 0.3) is 99.9 Å². The third kappa shape index (κ3) is 4.15. The summed E-state index contributed by atoms with van der Waals surface area (Å²) in [6.45, 7) is 0. The van der Waals surface area contributed by atoms with Crippen molar-refractivity contribution in [3.05, 3.63) is 152 Å². The maximum atomic E-state index is 6.65. The number of hydrogen-bond donors (Lipinski definition) is 0. The lowest BCUT2D eigenvalue weighted by atomic mass is 9.96. The lowest BCUT2D eigenvalue weighted by Gasteiger charge is -2.09. The molecule has 3 heterocycles. The minimum absolute atomic E-state index is 0.614. The molecule has 0 saturated carbocycles. The Morgan fingerprint density at radius 3 is 1.60 bits per heavy atom. The lowest BCUT2D eigenvalue weighted by Crippen LogP contribution is -2.00. The number of furan rings is 2. The van der Waals surface area contributed by atoms with Crippen LogP contribution in [0.3, 0.4) is 0 Å². The average molecular weight is 616 g/mol. The molecule has 5 heteroatoms. The summed E-state index contributed by atoms with van der Waals surface area (Å²) >= 11 is 0. The molecule has 0 aliphatic heterocycles. The van der Waals surface area contributed by atoms with E-state index in [1.54, 1.807) is 0 Å². The van der Waals surface area contributed by atoms with Crippen molar-refractivity contribution in [2.75, 3.05) is 0 Å². The Kier molecular flexibility index (Phi) is 5.81. The van der Waals surface area contributed by atoms with Gasteiger partial charge in [-0.25, -0.2) is 15.0 Å². The van der Waals surface area contributed by atoms with Crippen molar-refractivity contribution >= 4 is 54.6 Å². The zero-order valence-corrected chi connectivity index (χ0v) is 25.6. The van der Waals surface area contributed by atoms with Crippen LogP contribution in [0.15, 0.2) is 160 Å². The fourth-order valence-corrected chi connectivity index (χ4v) is 6.87. The molecule has 0 saturated heterocycles. The van der Waals surface area contributed by atoms with Crippen LogP contribution in [-0.4, -0.2) is 15.0 Å². The molecular formula is C43H25N3O2. The Labute approximate surface area is 274 Å². The Morgan fingerprint density at radius 2 is 0.917 bits per heavy atom. The van der Waals surface area contributed by atoms with Gasteiger partial charge in [0, 0.05) is 43.8 Å². The Bertz CT molecular complexity index is 2760. The molecule has 48 heavy (non-hydrogen) atoms. The average Bonchev–Trinajstić information content (AvgIpc) is 3.74. The van der Waals surface area contributed by atoms with E-state index in [0.717, 1.165) is 71.7 Å². The van der Waals surface area contributed by atoms with Crippen molar-refractivity contribution in [3.63, 3.8) is 0 Å². The van der Waals surface area contributed by atoms with Crippen LogP contribution in [0, 0.1) is 0 Å². The number of para-hydroxylation sites is 1. The van der Waals surface area contributed by atoms with Gasteiger partial charge in [0.25, 0.3) is 0 Å². The van der Waals surface area contributed by atoms with E-state index in [4.69, 9.17) is 23.8 Å². The third-order valence-corrected chi connectivity index (χ3v) is 9.13. The molecule has 0 spiro atoms. The molecule has 0 bridgehead atoms. The van der Waals surface area contributed by atoms with Gasteiger partial charge in [0.1, 0.15) is 22.3 Å². The largest absolute Gasteiger partial charge is 0.456 e. The Hall–Kier alpha value is -6.59. The second kappa shape index (κ2) is 10.5. The molecule has 0 N–H and O–H groups in total. The predicted molar refractivity (Wildman–Crippen MR) is 194 cm³/mol. The topological polar surface area (TPSA) is 65.0 Å². The van der Waals surface area contributed by atoms with Crippen LogP contribution in [0.5, 0.6) is 0 Å². The predicted octanol–water partition coefficient (Wildman–Crippen LogP) is 11.5. The lowest BCUT2D eigenvalue weighted by molar-refractivity contribution is 0.664. The van der Waals surface area contributed by atoms with Crippen LogP contribution in [0.4, 0.5) is 0 Å². The molecule has 7 aromatic carbocycles. The summed E-state index contributed by atoms with van der Waals surface area (Å²) in [5.74, 6) is 1.88. The summed E-state index contributed by atoms with van der Waals surface area (Å²) in [5, 5.41) is 6.67. The van der Waals surface area contributed by atoms with Crippen LogP contribution < -0.4 is 0 Å². The van der Waals surface area contributed by atoms with Gasteiger partial charge in [-0.05, 0) is 34.5 Å². The molecule has 10 aromatic rings. The van der Waals surface area contributed by atoms with E-state index in [2.05, 4.69) is 78.9 Å². The monoisotopic (exact) mass is 615 g/mol. The summed E-state index contributed by atoms with van der Waals surface area (Å²) in [5.41, 5.74) is 8.13. The third-order valence-electron chi connectivity index (χ3n) is 9.13. The second-order valence-electron chi connectivity index (χ2n) is 12.0. The van der Waals surface area contributed by atoms with Gasteiger partial charge >= 0.3 is 0 Å². The van der Waals surface area contributed by atoms with Gasteiger partial charge in [-0.2, -0.15) is 0 Å². The van der Waals surface area contributed by atoms with Crippen molar-refractivity contribution in [2.24, 2.45) is 0 Å². The number of aromatic nitrogens is 3. The first-order valence-corrected chi connectivity index (χ1v) is 15.9. The maximum absolute atomic E-state index is 6.65. The standard InChI is InChI=1S/C43H25N3O2/c1-3-12-28(13-4-1)41-44-42(29-14-5-2-6-15-29)46-43(45-41)30-21-19-27(20-22-30)33-25-36-39(38-32-17-9-10-18-34(32)48-40(33)38)37-31-16-8-7-11-26(31)23-24-35(37)47-36/h1-25H. The van der Waals surface area contributed by atoms with Gasteiger partial charge in [0.2, 0.25) is 0 Å². The molecular weight excluding hydrogens is 590 g/mol.